The van der Waals surface area contributed by atoms with E-state index in [-0.39, 0.29) is 5.02 Å². The first kappa shape index (κ1) is 20.8. The maximum atomic E-state index is 13.4. The molecule has 0 unspecified atom stereocenters. The number of amidine groups is 1. The molecular weight excluding hydrogens is 417 g/mol. The minimum Gasteiger partial charge on any atom is -0.411 e. The van der Waals surface area contributed by atoms with Crippen molar-refractivity contribution in [2.45, 2.75) is 12.8 Å². The second kappa shape index (κ2) is 9.57. The van der Waals surface area contributed by atoms with Crippen LogP contribution in [0.1, 0.15) is 16.7 Å². The number of anilines is 2. The van der Waals surface area contributed by atoms with Crippen LogP contribution in [0.25, 0.3) is 0 Å². The molecule has 3 aromatic rings. The molecule has 4 rings (SSSR count). The Morgan fingerprint density at radius 2 is 2.03 bits per heavy atom. The van der Waals surface area contributed by atoms with Gasteiger partial charge in [-0.05, 0) is 35.9 Å². The molecule has 0 atom stereocenters. The van der Waals surface area contributed by atoms with E-state index >= 15 is 0 Å². The molecule has 8 heteroatoms. The number of rotatable bonds is 7. The van der Waals surface area contributed by atoms with Gasteiger partial charge in [-0.2, -0.15) is 0 Å². The van der Waals surface area contributed by atoms with E-state index in [0.29, 0.717) is 37.5 Å². The van der Waals surface area contributed by atoms with Crippen molar-refractivity contribution >= 4 is 34.7 Å². The molecule has 1 aliphatic heterocycles. The maximum absolute atomic E-state index is 13.4. The van der Waals surface area contributed by atoms with Crippen molar-refractivity contribution in [3.8, 4) is 0 Å². The third-order valence-electron chi connectivity index (χ3n) is 4.97. The molecule has 31 heavy (non-hydrogen) atoms. The Balaban J connectivity index is 1.44. The number of aromatic nitrogens is 1. The van der Waals surface area contributed by atoms with Gasteiger partial charge in [0.1, 0.15) is 17.5 Å². The van der Waals surface area contributed by atoms with Gasteiger partial charge < -0.3 is 15.8 Å². The molecule has 2 heterocycles. The predicted molar refractivity (Wildman–Crippen MR) is 122 cm³/mol. The minimum absolute atomic E-state index is 0.0370. The zero-order valence-corrected chi connectivity index (χ0v) is 17.4. The number of halogens is 2. The van der Waals surface area contributed by atoms with Crippen molar-refractivity contribution in [1.29, 1.82) is 0 Å². The van der Waals surface area contributed by atoms with E-state index in [9.17, 15) is 9.60 Å². The minimum atomic E-state index is -0.482. The van der Waals surface area contributed by atoms with Crippen LogP contribution in [0.5, 0.6) is 0 Å². The molecule has 0 amide bonds. The summed E-state index contributed by atoms with van der Waals surface area (Å²) in [5.74, 6) is 1.03. The van der Waals surface area contributed by atoms with Crippen LogP contribution in [0.2, 0.25) is 5.02 Å². The summed E-state index contributed by atoms with van der Waals surface area (Å²) in [6.07, 6.45) is 2.53. The van der Waals surface area contributed by atoms with Gasteiger partial charge in [-0.3, -0.25) is 4.99 Å². The van der Waals surface area contributed by atoms with Gasteiger partial charge in [-0.25, -0.2) is 9.37 Å². The third-order valence-corrected chi connectivity index (χ3v) is 5.26. The maximum Gasteiger partial charge on any atom is 0.141 e. The van der Waals surface area contributed by atoms with Gasteiger partial charge in [-0.15, -0.1) is 0 Å². The summed E-state index contributed by atoms with van der Waals surface area (Å²) in [4.78, 5) is 9.01. The molecular formula is C23H21ClFN5O. The smallest absolute Gasteiger partial charge is 0.141 e. The van der Waals surface area contributed by atoms with Crippen LogP contribution in [0, 0.1) is 5.82 Å². The lowest BCUT2D eigenvalue weighted by molar-refractivity contribution is 0.318. The summed E-state index contributed by atoms with van der Waals surface area (Å²) in [6, 6.07) is 16.2. The van der Waals surface area contributed by atoms with Gasteiger partial charge >= 0.3 is 0 Å². The molecule has 6 nitrogen and oxygen atoms in total. The van der Waals surface area contributed by atoms with Crippen LogP contribution in [0.3, 0.4) is 0 Å². The van der Waals surface area contributed by atoms with Gasteiger partial charge in [0, 0.05) is 42.4 Å². The Hall–Kier alpha value is -3.45. The molecule has 0 saturated carbocycles. The number of hydrogen-bond acceptors (Lipinski definition) is 5. The number of fused-ring (bicyclic) bond motifs is 1. The Morgan fingerprint density at radius 3 is 2.81 bits per heavy atom. The van der Waals surface area contributed by atoms with Crippen LogP contribution in [-0.2, 0) is 12.8 Å². The van der Waals surface area contributed by atoms with Crippen LogP contribution < -0.4 is 10.6 Å². The Bertz CT molecular complexity index is 1130. The van der Waals surface area contributed by atoms with Gasteiger partial charge in [-0.1, -0.05) is 41.0 Å². The molecule has 1 aliphatic rings. The average Bonchev–Trinajstić information content (AvgIpc) is 3.21. The van der Waals surface area contributed by atoms with E-state index in [4.69, 9.17) is 11.6 Å². The molecule has 0 spiro atoms. The SMILES string of the molecule is O/N=C(\Cc1ccc(F)c(Cl)c1)c1ccnc2c1CC(=NCCNc1ccccc1)N2. The van der Waals surface area contributed by atoms with E-state index in [1.165, 1.54) is 12.1 Å². The molecule has 0 saturated heterocycles. The molecule has 1 aromatic heterocycles. The van der Waals surface area contributed by atoms with Crippen molar-refractivity contribution < 1.29 is 9.60 Å². The van der Waals surface area contributed by atoms with Gasteiger partial charge in [0.05, 0.1) is 17.3 Å². The number of nitrogens with zero attached hydrogens (tertiary/aromatic N) is 3. The quantitative estimate of drug-likeness (QED) is 0.215. The Morgan fingerprint density at radius 1 is 1.19 bits per heavy atom. The number of hydrogen-bond donors (Lipinski definition) is 3. The topological polar surface area (TPSA) is 81.9 Å². The van der Waals surface area contributed by atoms with Gasteiger partial charge in [0.2, 0.25) is 0 Å². The fourth-order valence-electron chi connectivity index (χ4n) is 3.47. The first-order valence-electron chi connectivity index (χ1n) is 9.86. The number of aliphatic imine (C=N–C) groups is 1. The normalized spacial score (nSPS) is 14.4. The summed E-state index contributed by atoms with van der Waals surface area (Å²) in [5.41, 5.74) is 3.94. The highest BCUT2D eigenvalue weighted by Gasteiger charge is 2.23. The van der Waals surface area contributed by atoms with E-state index < -0.39 is 5.82 Å². The molecule has 0 aliphatic carbocycles. The highest BCUT2D eigenvalue weighted by molar-refractivity contribution is 6.30. The number of nitrogens with one attached hydrogen (secondary N) is 2. The van der Waals surface area contributed by atoms with Gasteiger partial charge in [0.15, 0.2) is 0 Å². The van der Waals surface area contributed by atoms with E-state index in [1.54, 1.807) is 18.3 Å². The lowest BCUT2D eigenvalue weighted by Gasteiger charge is -2.09. The first-order chi connectivity index (χ1) is 15.1. The molecule has 2 aromatic carbocycles. The number of oxime groups is 1. The third kappa shape index (κ3) is 5.00. The average molecular weight is 438 g/mol. The fraction of sp³-hybridized carbons (Fsp3) is 0.174. The summed E-state index contributed by atoms with van der Waals surface area (Å²) < 4.78 is 13.4. The predicted octanol–water partition coefficient (Wildman–Crippen LogP) is 4.77. The highest BCUT2D eigenvalue weighted by Crippen LogP contribution is 2.26. The van der Waals surface area contributed by atoms with Crippen molar-refractivity contribution in [3.05, 3.63) is 88.3 Å². The molecule has 0 bridgehead atoms. The van der Waals surface area contributed by atoms with E-state index in [2.05, 4.69) is 25.8 Å². The second-order valence-electron chi connectivity index (χ2n) is 7.08. The Labute approximate surface area is 184 Å². The van der Waals surface area contributed by atoms with E-state index in [0.717, 1.165) is 28.2 Å². The van der Waals surface area contributed by atoms with Crippen molar-refractivity contribution in [1.82, 2.24) is 4.98 Å². The number of pyridine rings is 1. The first-order valence-corrected chi connectivity index (χ1v) is 10.2. The van der Waals surface area contributed by atoms with Crippen LogP contribution in [0.4, 0.5) is 15.9 Å². The number of benzene rings is 2. The van der Waals surface area contributed by atoms with Crippen LogP contribution >= 0.6 is 11.6 Å². The standard InChI is InChI=1S/C23H21ClFN5O/c24-19-12-15(6-7-20(19)25)13-21(30-31)17-8-9-28-23-18(17)14-22(29-23)27-11-10-26-16-4-2-1-3-5-16/h1-9,12,26,31H,10-11,13-14H2,(H,27,28,29)/b30-21+. The van der Waals surface area contributed by atoms with E-state index in [1.807, 2.05) is 30.3 Å². The number of para-hydroxylation sites is 1. The van der Waals surface area contributed by atoms with Crippen molar-refractivity contribution in [2.24, 2.45) is 10.1 Å². The lowest BCUT2D eigenvalue weighted by atomic mass is 9.98. The fourth-order valence-corrected chi connectivity index (χ4v) is 3.67. The van der Waals surface area contributed by atoms with Crippen LogP contribution in [0.15, 0.2) is 70.9 Å². The monoisotopic (exact) mass is 437 g/mol. The summed E-state index contributed by atoms with van der Waals surface area (Å²) in [7, 11) is 0. The largest absolute Gasteiger partial charge is 0.411 e. The van der Waals surface area contributed by atoms with Crippen molar-refractivity contribution in [2.75, 3.05) is 23.7 Å². The van der Waals surface area contributed by atoms with Crippen molar-refractivity contribution in [3.63, 3.8) is 0 Å². The molecule has 3 N–H and O–H groups in total. The molecule has 0 radical (unpaired) electrons. The zero-order valence-electron chi connectivity index (χ0n) is 16.6. The molecule has 158 valence electrons. The summed E-state index contributed by atoms with van der Waals surface area (Å²) in [6.45, 7) is 1.32. The second-order valence-corrected chi connectivity index (χ2v) is 7.49. The van der Waals surface area contributed by atoms with Crippen LogP contribution in [-0.4, -0.2) is 34.8 Å². The summed E-state index contributed by atoms with van der Waals surface area (Å²) in [5, 5.41) is 19.7. The zero-order chi connectivity index (χ0) is 21.6. The molecule has 0 fully saturated rings. The Kier molecular flexibility index (Phi) is 6.43. The lowest BCUT2D eigenvalue weighted by Crippen LogP contribution is -2.12. The summed E-state index contributed by atoms with van der Waals surface area (Å²) >= 11 is 5.88. The highest BCUT2D eigenvalue weighted by atomic mass is 35.5. The van der Waals surface area contributed by atoms with Gasteiger partial charge in [0.25, 0.3) is 0 Å².